The highest BCUT2D eigenvalue weighted by atomic mass is 16.5. The first-order chi connectivity index (χ1) is 13.5. The van der Waals surface area contributed by atoms with Crippen LogP contribution in [0.2, 0.25) is 0 Å². The van der Waals surface area contributed by atoms with Gasteiger partial charge in [0.15, 0.2) is 0 Å². The molecule has 1 N–H and O–H groups in total. The first-order valence-corrected chi connectivity index (χ1v) is 10.7. The maximum absolute atomic E-state index is 5.87. The number of anilines is 1. The van der Waals surface area contributed by atoms with Crippen LogP contribution in [0.4, 0.5) is 5.69 Å². The SMILES string of the molecule is CCCCCCCOc1cccc(NCCOc2ccc(C(C)(C)C)cc2)c1. The third kappa shape index (κ3) is 8.24. The standard InChI is InChI=1S/C25H37NO2/c1-5-6-7-8-9-18-27-24-12-10-11-22(20-24)26-17-19-28-23-15-13-21(14-16-23)25(2,3)4/h10-16,20,26H,5-9,17-19H2,1-4H3. The first-order valence-electron chi connectivity index (χ1n) is 10.7. The summed E-state index contributed by atoms with van der Waals surface area (Å²) in [7, 11) is 0. The molecule has 0 unspecified atom stereocenters. The van der Waals surface area contributed by atoms with E-state index in [-0.39, 0.29) is 5.41 Å². The van der Waals surface area contributed by atoms with Gasteiger partial charge < -0.3 is 14.8 Å². The fraction of sp³-hybridized carbons (Fsp3) is 0.520. The van der Waals surface area contributed by atoms with Crippen molar-refractivity contribution in [1.29, 1.82) is 0 Å². The van der Waals surface area contributed by atoms with Crippen LogP contribution in [0, 0.1) is 0 Å². The molecule has 0 fully saturated rings. The first kappa shape index (κ1) is 22.1. The molecule has 0 radical (unpaired) electrons. The van der Waals surface area contributed by atoms with Gasteiger partial charge in [0.1, 0.15) is 18.1 Å². The molecule has 2 aromatic rings. The quantitative estimate of drug-likeness (QED) is 0.408. The predicted octanol–water partition coefficient (Wildman–Crippen LogP) is 6.82. The summed E-state index contributed by atoms with van der Waals surface area (Å²) >= 11 is 0. The Bertz CT molecular complexity index is 674. The van der Waals surface area contributed by atoms with Gasteiger partial charge in [-0.3, -0.25) is 0 Å². The molecule has 0 saturated carbocycles. The zero-order chi connectivity index (χ0) is 20.2. The molecule has 3 heteroatoms. The fourth-order valence-corrected chi connectivity index (χ4v) is 3.01. The molecule has 2 rings (SSSR count). The van der Waals surface area contributed by atoms with Crippen LogP contribution in [0.1, 0.15) is 65.4 Å². The molecular formula is C25H37NO2. The van der Waals surface area contributed by atoms with E-state index in [9.17, 15) is 0 Å². The van der Waals surface area contributed by atoms with E-state index in [1.807, 2.05) is 12.1 Å². The molecule has 0 bridgehead atoms. The Morgan fingerprint density at radius 3 is 2.21 bits per heavy atom. The number of hydrogen-bond acceptors (Lipinski definition) is 3. The smallest absolute Gasteiger partial charge is 0.121 e. The summed E-state index contributed by atoms with van der Waals surface area (Å²) in [5.74, 6) is 1.84. The molecule has 0 saturated heterocycles. The van der Waals surface area contributed by atoms with Crippen LogP contribution in [-0.4, -0.2) is 19.8 Å². The Hall–Kier alpha value is -2.16. The Kier molecular flexibility index (Phi) is 9.19. The molecule has 0 aromatic heterocycles. The average Bonchev–Trinajstić information content (AvgIpc) is 2.68. The second kappa shape index (κ2) is 11.6. The highest BCUT2D eigenvalue weighted by Crippen LogP contribution is 2.24. The summed E-state index contributed by atoms with van der Waals surface area (Å²) in [5.41, 5.74) is 2.55. The number of hydrogen-bond donors (Lipinski definition) is 1. The van der Waals surface area contributed by atoms with Crippen molar-refractivity contribution in [2.45, 2.75) is 65.2 Å². The van der Waals surface area contributed by atoms with Gasteiger partial charge in [-0.05, 0) is 41.7 Å². The van der Waals surface area contributed by atoms with Gasteiger partial charge in [-0.25, -0.2) is 0 Å². The fourth-order valence-electron chi connectivity index (χ4n) is 3.01. The predicted molar refractivity (Wildman–Crippen MR) is 120 cm³/mol. The van der Waals surface area contributed by atoms with Crippen molar-refractivity contribution in [2.75, 3.05) is 25.1 Å². The van der Waals surface area contributed by atoms with E-state index in [2.05, 4.69) is 69.4 Å². The van der Waals surface area contributed by atoms with Gasteiger partial charge in [0.2, 0.25) is 0 Å². The van der Waals surface area contributed by atoms with Crippen LogP contribution >= 0.6 is 0 Å². The van der Waals surface area contributed by atoms with Gasteiger partial charge in [0.05, 0.1) is 6.61 Å². The molecule has 0 spiro atoms. The molecule has 2 aromatic carbocycles. The second-order valence-electron chi connectivity index (χ2n) is 8.34. The molecular weight excluding hydrogens is 346 g/mol. The summed E-state index contributed by atoms with van der Waals surface area (Å²) in [4.78, 5) is 0. The van der Waals surface area contributed by atoms with Crippen molar-refractivity contribution in [3.63, 3.8) is 0 Å². The third-order valence-corrected chi connectivity index (χ3v) is 4.77. The van der Waals surface area contributed by atoms with E-state index < -0.39 is 0 Å². The van der Waals surface area contributed by atoms with Crippen LogP contribution < -0.4 is 14.8 Å². The molecule has 0 aliphatic carbocycles. The van der Waals surface area contributed by atoms with Crippen LogP contribution in [0.15, 0.2) is 48.5 Å². The monoisotopic (exact) mass is 383 g/mol. The Morgan fingerprint density at radius 1 is 0.786 bits per heavy atom. The van der Waals surface area contributed by atoms with E-state index >= 15 is 0 Å². The molecule has 0 atom stereocenters. The van der Waals surface area contributed by atoms with Gasteiger partial charge in [0, 0.05) is 18.3 Å². The molecule has 154 valence electrons. The second-order valence-corrected chi connectivity index (χ2v) is 8.34. The topological polar surface area (TPSA) is 30.5 Å². The maximum Gasteiger partial charge on any atom is 0.121 e. The minimum atomic E-state index is 0.169. The van der Waals surface area contributed by atoms with Crippen molar-refractivity contribution >= 4 is 5.69 Å². The van der Waals surface area contributed by atoms with Crippen molar-refractivity contribution in [1.82, 2.24) is 0 Å². The Labute approximate surface area is 171 Å². The van der Waals surface area contributed by atoms with Crippen molar-refractivity contribution < 1.29 is 9.47 Å². The van der Waals surface area contributed by atoms with Gasteiger partial charge in [-0.15, -0.1) is 0 Å². The van der Waals surface area contributed by atoms with Gasteiger partial charge in [-0.2, -0.15) is 0 Å². The van der Waals surface area contributed by atoms with Crippen molar-refractivity contribution in [2.24, 2.45) is 0 Å². The summed E-state index contributed by atoms with van der Waals surface area (Å²) in [6.07, 6.45) is 6.28. The Morgan fingerprint density at radius 2 is 1.50 bits per heavy atom. The number of nitrogens with one attached hydrogen (secondary N) is 1. The lowest BCUT2D eigenvalue weighted by Crippen LogP contribution is -2.12. The summed E-state index contributed by atoms with van der Waals surface area (Å²) in [5, 5.41) is 3.40. The maximum atomic E-state index is 5.87. The van der Waals surface area contributed by atoms with Gasteiger partial charge >= 0.3 is 0 Å². The van der Waals surface area contributed by atoms with E-state index in [1.165, 1.54) is 31.2 Å². The molecule has 0 amide bonds. The van der Waals surface area contributed by atoms with Crippen molar-refractivity contribution in [3.05, 3.63) is 54.1 Å². The molecule has 28 heavy (non-hydrogen) atoms. The molecule has 0 aliphatic rings. The normalized spacial score (nSPS) is 11.3. The Balaban J connectivity index is 1.67. The zero-order valence-corrected chi connectivity index (χ0v) is 18.1. The molecule has 0 aliphatic heterocycles. The summed E-state index contributed by atoms with van der Waals surface area (Å²) in [6, 6.07) is 16.6. The van der Waals surface area contributed by atoms with Gasteiger partial charge in [-0.1, -0.05) is 71.6 Å². The highest BCUT2D eigenvalue weighted by molar-refractivity contribution is 5.48. The van der Waals surface area contributed by atoms with Crippen LogP contribution in [0.5, 0.6) is 11.5 Å². The molecule has 0 heterocycles. The number of unbranched alkanes of at least 4 members (excludes halogenated alkanes) is 4. The summed E-state index contributed by atoms with van der Waals surface area (Å²) in [6.45, 7) is 11.1. The lowest BCUT2D eigenvalue weighted by atomic mass is 9.87. The van der Waals surface area contributed by atoms with E-state index in [1.54, 1.807) is 0 Å². The van der Waals surface area contributed by atoms with Crippen LogP contribution in [-0.2, 0) is 5.41 Å². The lowest BCUT2D eigenvalue weighted by molar-refractivity contribution is 0.304. The van der Waals surface area contributed by atoms with Crippen molar-refractivity contribution in [3.8, 4) is 11.5 Å². The summed E-state index contributed by atoms with van der Waals surface area (Å²) < 4.78 is 11.7. The highest BCUT2D eigenvalue weighted by Gasteiger charge is 2.12. The van der Waals surface area contributed by atoms with Gasteiger partial charge in [0.25, 0.3) is 0 Å². The number of ether oxygens (including phenoxy) is 2. The van der Waals surface area contributed by atoms with Crippen LogP contribution in [0.3, 0.4) is 0 Å². The zero-order valence-electron chi connectivity index (χ0n) is 18.1. The number of rotatable bonds is 12. The van der Waals surface area contributed by atoms with E-state index in [0.717, 1.165) is 36.8 Å². The van der Waals surface area contributed by atoms with E-state index in [0.29, 0.717) is 6.61 Å². The lowest BCUT2D eigenvalue weighted by Gasteiger charge is -2.19. The number of benzene rings is 2. The third-order valence-electron chi connectivity index (χ3n) is 4.77. The molecule has 3 nitrogen and oxygen atoms in total. The average molecular weight is 384 g/mol. The minimum absolute atomic E-state index is 0.169. The minimum Gasteiger partial charge on any atom is -0.494 e. The largest absolute Gasteiger partial charge is 0.494 e. The van der Waals surface area contributed by atoms with Crippen LogP contribution in [0.25, 0.3) is 0 Å². The van der Waals surface area contributed by atoms with E-state index in [4.69, 9.17) is 9.47 Å².